The molecule has 0 unspecified atom stereocenters. The molecule has 1 saturated heterocycles. The van der Waals surface area contributed by atoms with Crippen molar-refractivity contribution in [3.8, 4) is 6.07 Å². The highest BCUT2D eigenvalue weighted by Gasteiger charge is 2.43. The molecule has 2 amide bonds. The maximum absolute atomic E-state index is 13.6. The number of alkyl halides is 2. The van der Waals surface area contributed by atoms with Gasteiger partial charge in [0.2, 0.25) is 11.8 Å². The molecule has 4 rings (SSSR count). The molecule has 0 spiro atoms. The molecule has 1 N–H and O–H groups in total. The molecular weight excluding hydrogens is 502 g/mol. The standard InChI is InChI=1S/C27H27ClF2N4O3/c1-16-9-21(28)11-19(24(16)32-25(36)20-12-22(15-31)33(2)23(35)13-20)10-17-4-7-34(8-5-17)26(37)18-3-6-27(29,30)14-18/h9-13,18H,3-8,14H2,1-2H3,(H,32,36)/t18-/m0/s1. The summed E-state index contributed by atoms with van der Waals surface area (Å²) in [5.74, 6) is -4.11. The van der Waals surface area contributed by atoms with Crippen molar-refractivity contribution in [1.29, 1.82) is 5.26 Å². The first-order valence-electron chi connectivity index (χ1n) is 12.1. The quantitative estimate of drug-likeness (QED) is 0.610. The van der Waals surface area contributed by atoms with Crippen molar-refractivity contribution in [2.45, 2.75) is 45.0 Å². The van der Waals surface area contributed by atoms with Gasteiger partial charge in [0, 0.05) is 55.5 Å². The zero-order valence-electron chi connectivity index (χ0n) is 20.6. The first-order valence-corrected chi connectivity index (χ1v) is 12.4. The van der Waals surface area contributed by atoms with Crippen molar-refractivity contribution < 1.29 is 18.4 Å². The lowest BCUT2D eigenvalue weighted by molar-refractivity contribution is -0.136. The van der Waals surface area contributed by atoms with E-state index in [4.69, 9.17) is 11.6 Å². The summed E-state index contributed by atoms with van der Waals surface area (Å²) in [4.78, 5) is 39.5. The van der Waals surface area contributed by atoms with Gasteiger partial charge in [0.1, 0.15) is 11.8 Å². The summed E-state index contributed by atoms with van der Waals surface area (Å²) in [5.41, 5.74) is 2.61. The van der Waals surface area contributed by atoms with E-state index in [1.807, 2.05) is 12.1 Å². The minimum absolute atomic E-state index is 0.0652. The number of aryl methyl sites for hydroxylation is 1. The van der Waals surface area contributed by atoms with Gasteiger partial charge in [-0.25, -0.2) is 8.78 Å². The van der Waals surface area contributed by atoms with Crippen molar-refractivity contribution >= 4 is 35.2 Å². The second-order valence-electron chi connectivity index (χ2n) is 9.70. The third kappa shape index (κ3) is 5.91. The number of amides is 2. The number of piperidine rings is 1. The van der Waals surface area contributed by atoms with Gasteiger partial charge in [0.15, 0.2) is 0 Å². The van der Waals surface area contributed by atoms with Crippen LogP contribution in [0.15, 0.2) is 34.6 Å². The lowest BCUT2D eigenvalue weighted by Crippen LogP contribution is -2.39. The predicted molar refractivity (Wildman–Crippen MR) is 137 cm³/mol. The second-order valence-corrected chi connectivity index (χ2v) is 10.1. The van der Waals surface area contributed by atoms with Gasteiger partial charge in [-0.05, 0) is 55.5 Å². The maximum Gasteiger partial charge on any atom is 0.255 e. The van der Waals surface area contributed by atoms with Gasteiger partial charge in [0.05, 0.1) is 5.69 Å². The van der Waals surface area contributed by atoms with E-state index in [1.54, 1.807) is 24.0 Å². The number of aromatic nitrogens is 1. The third-order valence-corrected chi connectivity index (χ3v) is 7.26. The summed E-state index contributed by atoms with van der Waals surface area (Å²) >= 11 is 6.30. The van der Waals surface area contributed by atoms with Crippen LogP contribution in [-0.2, 0) is 11.8 Å². The number of rotatable bonds is 4. The Morgan fingerprint density at radius 3 is 2.54 bits per heavy atom. The number of pyridine rings is 1. The van der Waals surface area contributed by atoms with Crippen LogP contribution in [0, 0.1) is 24.2 Å². The van der Waals surface area contributed by atoms with E-state index < -0.39 is 23.3 Å². The van der Waals surface area contributed by atoms with Crippen molar-refractivity contribution in [3.05, 3.63) is 67.6 Å². The predicted octanol–water partition coefficient (Wildman–Crippen LogP) is 4.91. The highest BCUT2D eigenvalue weighted by Crippen LogP contribution is 2.40. The average Bonchev–Trinajstić information content (AvgIpc) is 3.22. The molecule has 1 aromatic heterocycles. The largest absolute Gasteiger partial charge is 0.342 e. The second kappa shape index (κ2) is 10.5. The molecule has 1 aromatic carbocycles. The lowest BCUT2D eigenvalue weighted by Gasteiger charge is -2.31. The molecule has 1 aliphatic carbocycles. The van der Waals surface area contributed by atoms with Crippen LogP contribution >= 0.6 is 11.6 Å². The Labute approximate surface area is 218 Å². The van der Waals surface area contributed by atoms with E-state index in [-0.39, 0.29) is 36.4 Å². The van der Waals surface area contributed by atoms with Crippen LogP contribution in [0.2, 0.25) is 5.02 Å². The fourth-order valence-corrected chi connectivity index (χ4v) is 5.19. The number of carbonyl (C=O) groups is 2. The average molecular weight is 529 g/mol. The summed E-state index contributed by atoms with van der Waals surface area (Å²) in [6.07, 6.45) is 2.69. The van der Waals surface area contributed by atoms with Gasteiger partial charge < -0.3 is 14.8 Å². The Balaban J connectivity index is 1.52. The molecule has 37 heavy (non-hydrogen) atoms. The molecule has 7 nitrogen and oxygen atoms in total. The summed E-state index contributed by atoms with van der Waals surface area (Å²) in [7, 11) is 1.46. The molecule has 1 atom stereocenters. The number of benzene rings is 1. The van der Waals surface area contributed by atoms with Crippen molar-refractivity contribution in [2.24, 2.45) is 13.0 Å². The van der Waals surface area contributed by atoms with E-state index in [0.717, 1.165) is 10.1 Å². The number of nitrogens with zero attached hydrogens (tertiary/aromatic N) is 3. The van der Waals surface area contributed by atoms with Crippen molar-refractivity contribution in [1.82, 2.24) is 9.47 Å². The maximum atomic E-state index is 13.6. The van der Waals surface area contributed by atoms with Crippen LogP contribution in [0.25, 0.3) is 6.08 Å². The Morgan fingerprint density at radius 2 is 1.92 bits per heavy atom. The fraction of sp³-hybridized carbons (Fsp3) is 0.407. The van der Waals surface area contributed by atoms with Gasteiger partial charge in [0.25, 0.3) is 11.5 Å². The number of hydrogen-bond acceptors (Lipinski definition) is 4. The zero-order valence-corrected chi connectivity index (χ0v) is 21.4. The molecule has 2 aromatic rings. The molecule has 2 aliphatic rings. The highest BCUT2D eigenvalue weighted by atomic mass is 35.5. The van der Waals surface area contributed by atoms with Gasteiger partial charge in [-0.15, -0.1) is 0 Å². The molecule has 0 bridgehead atoms. The molecule has 2 fully saturated rings. The van der Waals surface area contributed by atoms with Crippen LogP contribution < -0.4 is 10.9 Å². The van der Waals surface area contributed by atoms with E-state index in [0.29, 0.717) is 47.8 Å². The zero-order chi connectivity index (χ0) is 26.9. The van der Waals surface area contributed by atoms with Crippen molar-refractivity contribution in [3.63, 3.8) is 0 Å². The number of carbonyl (C=O) groups excluding carboxylic acids is 2. The summed E-state index contributed by atoms with van der Waals surface area (Å²) in [5, 5.41) is 12.6. The highest BCUT2D eigenvalue weighted by molar-refractivity contribution is 6.31. The van der Waals surface area contributed by atoms with Crippen LogP contribution in [-0.4, -0.2) is 40.3 Å². The van der Waals surface area contributed by atoms with Crippen LogP contribution in [0.1, 0.15) is 59.3 Å². The SMILES string of the molecule is Cc1cc(Cl)cc(C=C2CCN(C(=O)[C@H]3CCC(F)(F)C3)CC2)c1NC(=O)c1cc(C#N)n(C)c(=O)c1. The Bertz CT molecular complexity index is 1380. The van der Waals surface area contributed by atoms with E-state index in [9.17, 15) is 28.4 Å². The lowest BCUT2D eigenvalue weighted by atomic mass is 9.97. The smallest absolute Gasteiger partial charge is 0.255 e. The fourth-order valence-electron chi connectivity index (χ4n) is 4.91. The van der Waals surface area contributed by atoms with E-state index in [1.165, 1.54) is 19.2 Å². The van der Waals surface area contributed by atoms with E-state index >= 15 is 0 Å². The minimum atomic E-state index is -2.75. The number of halogens is 3. The molecule has 1 aliphatic heterocycles. The van der Waals surface area contributed by atoms with Gasteiger partial charge in [-0.1, -0.05) is 23.3 Å². The van der Waals surface area contributed by atoms with Gasteiger partial charge in [-0.2, -0.15) is 5.26 Å². The summed E-state index contributed by atoms with van der Waals surface area (Å²) < 4.78 is 28.3. The number of anilines is 1. The first kappa shape index (κ1) is 26.6. The molecule has 2 heterocycles. The number of likely N-dealkylation sites (tertiary alicyclic amines) is 1. The van der Waals surface area contributed by atoms with Crippen LogP contribution in [0.3, 0.4) is 0 Å². The van der Waals surface area contributed by atoms with Crippen molar-refractivity contribution in [2.75, 3.05) is 18.4 Å². The topological polar surface area (TPSA) is 95.2 Å². The molecule has 10 heteroatoms. The summed E-state index contributed by atoms with van der Waals surface area (Å²) in [6, 6.07) is 7.86. The Hall–Kier alpha value is -3.51. The van der Waals surface area contributed by atoms with Crippen LogP contribution in [0.5, 0.6) is 0 Å². The minimum Gasteiger partial charge on any atom is -0.342 e. The Kier molecular flexibility index (Phi) is 7.51. The Morgan fingerprint density at radius 1 is 1.22 bits per heavy atom. The van der Waals surface area contributed by atoms with E-state index in [2.05, 4.69) is 5.32 Å². The molecule has 0 radical (unpaired) electrons. The summed E-state index contributed by atoms with van der Waals surface area (Å²) in [6.45, 7) is 2.68. The van der Waals surface area contributed by atoms with Crippen LogP contribution in [0.4, 0.5) is 14.5 Å². The third-order valence-electron chi connectivity index (χ3n) is 7.04. The molecule has 194 valence electrons. The first-order chi connectivity index (χ1) is 17.5. The monoisotopic (exact) mass is 528 g/mol. The number of hydrogen-bond donors (Lipinski definition) is 1. The van der Waals surface area contributed by atoms with Gasteiger partial charge in [-0.3, -0.25) is 14.4 Å². The molecule has 1 saturated carbocycles. The number of nitrogens with one attached hydrogen (secondary N) is 1. The molecular formula is C27H27ClF2N4O3. The van der Waals surface area contributed by atoms with Gasteiger partial charge >= 0.3 is 0 Å². The number of nitriles is 1. The normalized spacial score (nSPS) is 18.9.